The molecule has 3 rings (SSSR count). The summed E-state index contributed by atoms with van der Waals surface area (Å²) < 4.78 is 5.57. The molecule has 1 saturated heterocycles. The fourth-order valence-electron chi connectivity index (χ4n) is 2.72. The summed E-state index contributed by atoms with van der Waals surface area (Å²) in [4.78, 5) is 30.4. The second kappa shape index (κ2) is 10.2. The molecule has 2 amide bonds. The first-order valence-electron chi connectivity index (χ1n) is 8.62. The zero-order valence-corrected chi connectivity index (χ0v) is 16.5. The number of thiazole rings is 1. The topological polar surface area (TPSA) is 97.5 Å². The van der Waals surface area contributed by atoms with Crippen LogP contribution in [0.3, 0.4) is 0 Å². The van der Waals surface area contributed by atoms with Crippen LogP contribution < -0.4 is 15.8 Å². The van der Waals surface area contributed by atoms with Crippen molar-refractivity contribution in [3.8, 4) is 5.75 Å². The van der Waals surface area contributed by atoms with E-state index in [2.05, 4.69) is 10.3 Å². The monoisotopic (exact) mass is 410 g/mol. The van der Waals surface area contributed by atoms with Gasteiger partial charge in [0.25, 0.3) is 11.8 Å². The molecular formula is C18H23ClN4O3S. The number of nitrogens with one attached hydrogen (secondary N) is 1. The second-order valence-corrected chi connectivity index (χ2v) is 6.97. The average molecular weight is 411 g/mol. The number of aromatic nitrogens is 1. The van der Waals surface area contributed by atoms with Gasteiger partial charge in [0.05, 0.1) is 5.01 Å². The number of carbonyl (C=O) groups excluding carboxylic acids is 2. The molecule has 27 heavy (non-hydrogen) atoms. The maximum Gasteiger partial charge on any atom is 0.275 e. The van der Waals surface area contributed by atoms with Crippen LogP contribution in [0, 0.1) is 0 Å². The van der Waals surface area contributed by atoms with Crippen LogP contribution in [-0.4, -0.2) is 47.9 Å². The number of nitrogens with two attached hydrogens (primary N) is 1. The number of rotatable bonds is 7. The fourth-order valence-corrected chi connectivity index (χ4v) is 3.51. The van der Waals surface area contributed by atoms with Gasteiger partial charge in [0.15, 0.2) is 6.61 Å². The first kappa shape index (κ1) is 21.1. The Morgan fingerprint density at radius 1 is 1.30 bits per heavy atom. The number of carbonyl (C=O) groups is 2. The highest BCUT2D eigenvalue weighted by molar-refractivity contribution is 7.09. The normalized spacial score (nSPS) is 13.1. The van der Waals surface area contributed by atoms with Crippen molar-refractivity contribution in [3.05, 3.63) is 40.3 Å². The number of anilines is 1. The van der Waals surface area contributed by atoms with Crippen molar-refractivity contribution in [1.29, 1.82) is 0 Å². The van der Waals surface area contributed by atoms with Crippen LogP contribution in [0.2, 0.25) is 0 Å². The van der Waals surface area contributed by atoms with Crippen molar-refractivity contribution in [2.24, 2.45) is 5.73 Å². The van der Waals surface area contributed by atoms with Crippen molar-refractivity contribution < 1.29 is 14.3 Å². The predicted octanol–water partition coefficient (Wildman–Crippen LogP) is 2.32. The summed E-state index contributed by atoms with van der Waals surface area (Å²) in [7, 11) is 0. The van der Waals surface area contributed by atoms with Crippen LogP contribution in [0.15, 0.2) is 29.6 Å². The Balaban J connectivity index is 0.00000261. The van der Waals surface area contributed by atoms with E-state index in [0.29, 0.717) is 30.1 Å². The van der Waals surface area contributed by atoms with Gasteiger partial charge in [-0.3, -0.25) is 9.59 Å². The van der Waals surface area contributed by atoms with Gasteiger partial charge in [-0.25, -0.2) is 4.98 Å². The van der Waals surface area contributed by atoms with Gasteiger partial charge in [0.1, 0.15) is 11.4 Å². The van der Waals surface area contributed by atoms with E-state index in [-0.39, 0.29) is 30.8 Å². The van der Waals surface area contributed by atoms with Crippen molar-refractivity contribution in [2.45, 2.75) is 19.3 Å². The van der Waals surface area contributed by atoms with Crippen LogP contribution in [0.25, 0.3) is 0 Å². The molecular weight excluding hydrogens is 388 g/mol. The molecule has 0 unspecified atom stereocenters. The number of hydrogen-bond donors (Lipinski definition) is 2. The van der Waals surface area contributed by atoms with Crippen LogP contribution in [0.4, 0.5) is 5.69 Å². The lowest BCUT2D eigenvalue weighted by atomic mass is 10.3. The maximum atomic E-state index is 12.3. The predicted molar refractivity (Wildman–Crippen MR) is 108 cm³/mol. The number of halogens is 1. The molecule has 0 aliphatic carbocycles. The van der Waals surface area contributed by atoms with Crippen LogP contribution in [0.5, 0.6) is 5.75 Å². The average Bonchev–Trinajstić information content (AvgIpc) is 3.32. The van der Waals surface area contributed by atoms with E-state index in [9.17, 15) is 9.59 Å². The van der Waals surface area contributed by atoms with E-state index in [4.69, 9.17) is 10.5 Å². The molecule has 3 N–H and O–H groups in total. The van der Waals surface area contributed by atoms with Gasteiger partial charge in [-0.2, -0.15) is 0 Å². The highest BCUT2D eigenvalue weighted by atomic mass is 35.5. The van der Waals surface area contributed by atoms with Crippen molar-refractivity contribution in [2.75, 3.05) is 31.6 Å². The molecule has 1 fully saturated rings. The van der Waals surface area contributed by atoms with E-state index in [1.807, 2.05) is 4.90 Å². The van der Waals surface area contributed by atoms with Crippen LogP contribution >= 0.6 is 23.7 Å². The Kier molecular flexibility index (Phi) is 8.02. The molecule has 1 aliphatic rings. The first-order chi connectivity index (χ1) is 12.7. The molecule has 1 aliphatic heterocycles. The van der Waals surface area contributed by atoms with Gasteiger partial charge in [-0.1, -0.05) is 6.07 Å². The Labute approximate surface area is 168 Å². The molecule has 2 aromatic rings. The maximum absolute atomic E-state index is 12.3. The molecule has 0 bridgehead atoms. The molecule has 1 aromatic heterocycles. The minimum Gasteiger partial charge on any atom is -0.484 e. The summed E-state index contributed by atoms with van der Waals surface area (Å²) in [6.07, 6.45) is 2.76. The molecule has 2 heterocycles. The number of nitrogens with zero attached hydrogens (tertiary/aromatic N) is 2. The van der Waals surface area contributed by atoms with Crippen LogP contribution in [-0.2, 0) is 11.2 Å². The highest BCUT2D eigenvalue weighted by Gasteiger charge is 2.18. The molecule has 1 aromatic carbocycles. The Morgan fingerprint density at radius 2 is 2.07 bits per heavy atom. The smallest absolute Gasteiger partial charge is 0.275 e. The van der Waals surface area contributed by atoms with E-state index >= 15 is 0 Å². The largest absolute Gasteiger partial charge is 0.484 e. The number of amides is 2. The van der Waals surface area contributed by atoms with Gasteiger partial charge < -0.3 is 20.7 Å². The fraction of sp³-hybridized carbons (Fsp3) is 0.389. The Morgan fingerprint density at radius 3 is 2.81 bits per heavy atom. The van der Waals surface area contributed by atoms with Crippen molar-refractivity contribution in [1.82, 2.24) is 9.88 Å². The third-order valence-corrected chi connectivity index (χ3v) is 4.96. The lowest BCUT2D eigenvalue weighted by molar-refractivity contribution is -0.132. The SMILES string of the molecule is Cl.NCCc1nc(C(=O)Nc2cccc(OCC(=O)N3CCCC3)c2)cs1. The van der Waals surface area contributed by atoms with E-state index in [1.165, 1.54) is 11.3 Å². The number of likely N-dealkylation sites (tertiary alicyclic amines) is 1. The van der Waals surface area contributed by atoms with Gasteiger partial charge in [-0.05, 0) is 31.5 Å². The standard InChI is InChI=1S/C18H22N4O3S.ClH/c19-7-6-16-21-15(12-26-16)18(24)20-13-4-3-5-14(10-13)25-11-17(23)22-8-1-2-9-22;/h3-5,10,12H,1-2,6-9,11,19H2,(H,20,24);1H. The third kappa shape index (κ3) is 5.92. The molecule has 0 radical (unpaired) electrons. The van der Waals surface area contributed by atoms with Gasteiger partial charge in [0, 0.05) is 36.6 Å². The summed E-state index contributed by atoms with van der Waals surface area (Å²) in [6, 6.07) is 6.99. The van der Waals surface area contributed by atoms with Gasteiger partial charge in [0.2, 0.25) is 0 Å². The van der Waals surface area contributed by atoms with E-state index in [1.54, 1.807) is 29.6 Å². The minimum absolute atomic E-state index is 0. The molecule has 0 spiro atoms. The third-order valence-electron chi connectivity index (χ3n) is 4.06. The minimum atomic E-state index is -0.283. The zero-order chi connectivity index (χ0) is 18.4. The Hall–Kier alpha value is -2.16. The van der Waals surface area contributed by atoms with Gasteiger partial charge >= 0.3 is 0 Å². The molecule has 0 saturated carbocycles. The summed E-state index contributed by atoms with van der Waals surface area (Å²) in [5, 5.41) is 5.36. The van der Waals surface area contributed by atoms with E-state index in [0.717, 1.165) is 30.9 Å². The first-order valence-corrected chi connectivity index (χ1v) is 9.50. The summed E-state index contributed by atoms with van der Waals surface area (Å²) in [5.74, 6) is 0.249. The second-order valence-electron chi connectivity index (χ2n) is 6.02. The van der Waals surface area contributed by atoms with Gasteiger partial charge in [-0.15, -0.1) is 23.7 Å². The van der Waals surface area contributed by atoms with E-state index < -0.39 is 0 Å². The van der Waals surface area contributed by atoms with Crippen molar-refractivity contribution >= 4 is 41.2 Å². The molecule has 0 atom stereocenters. The lowest BCUT2D eigenvalue weighted by Gasteiger charge is -2.15. The summed E-state index contributed by atoms with van der Waals surface area (Å²) in [5.41, 5.74) is 6.46. The summed E-state index contributed by atoms with van der Waals surface area (Å²) in [6.45, 7) is 2.12. The van der Waals surface area contributed by atoms with Crippen molar-refractivity contribution in [3.63, 3.8) is 0 Å². The lowest BCUT2D eigenvalue weighted by Crippen LogP contribution is -2.32. The number of hydrogen-bond acceptors (Lipinski definition) is 6. The Bertz CT molecular complexity index is 777. The number of ether oxygens (including phenoxy) is 1. The summed E-state index contributed by atoms with van der Waals surface area (Å²) >= 11 is 1.42. The molecule has 7 nitrogen and oxygen atoms in total. The highest BCUT2D eigenvalue weighted by Crippen LogP contribution is 2.19. The molecule has 9 heteroatoms. The zero-order valence-electron chi connectivity index (χ0n) is 14.8. The number of benzene rings is 1. The quantitative estimate of drug-likeness (QED) is 0.730. The van der Waals surface area contributed by atoms with Crippen LogP contribution in [0.1, 0.15) is 28.3 Å². The molecule has 146 valence electrons.